The van der Waals surface area contributed by atoms with Gasteiger partial charge in [0.1, 0.15) is 0 Å². The molecule has 1 aromatic carbocycles. The number of hydrogen-bond acceptors (Lipinski definition) is 2. The monoisotopic (exact) mass is 278 g/mol. The van der Waals surface area contributed by atoms with Crippen molar-refractivity contribution in [1.82, 2.24) is 5.01 Å². The van der Waals surface area contributed by atoms with E-state index >= 15 is 0 Å². The van der Waals surface area contributed by atoms with Crippen LogP contribution in [0.1, 0.15) is 30.9 Å². The lowest BCUT2D eigenvalue weighted by Crippen LogP contribution is -2.38. The minimum Gasteiger partial charge on any atom is -0.273 e. The second kappa shape index (κ2) is 4.69. The predicted molar refractivity (Wildman–Crippen MR) is 82.9 cm³/mol. The molecule has 1 heterocycles. The average Bonchev–Trinajstić information content (AvgIpc) is 3.13. The third-order valence-corrected chi connectivity index (χ3v) is 4.73. The molecule has 0 saturated heterocycles. The Hall–Kier alpha value is -2.16. The molecule has 0 N–H and O–H groups in total. The van der Waals surface area contributed by atoms with E-state index in [0.29, 0.717) is 5.92 Å². The molecule has 1 aromatic rings. The molecule has 0 saturated carbocycles. The van der Waals surface area contributed by atoms with Crippen LogP contribution in [0, 0.1) is 5.92 Å². The fraction of sp³-hybridized carbons (Fsp3) is 0.333. The second-order valence-electron chi connectivity index (χ2n) is 5.97. The van der Waals surface area contributed by atoms with Gasteiger partial charge in [-0.3, -0.25) is 4.79 Å². The molecule has 3 aliphatic rings. The van der Waals surface area contributed by atoms with E-state index in [4.69, 9.17) is 5.10 Å². The molecule has 3 heteroatoms. The van der Waals surface area contributed by atoms with Gasteiger partial charge in [-0.1, -0.05) is 42.5 Å². The molecule has 1 aliphatic heterocycles. The summed E-state index contributed by atoms with van der Waals surface area (Å²) in [5.41, 5.74) is 5.00. The highest BCUT2D eigenvalue weighted by molar-refractivity contribution is 6.07. The van der Waals surface area contributed by atoms with Gasteiger partial charge in [-0.25, -0.2) is 5.01 Å². The molecule has 2 aliphatic carbocycles. The van der Waals surface area contributed by atoms with Crippen LogP contribution < -0.4 is 0 Å². The molecular weight excluding hydrogens is 260 g/mol. The van der Waals surface area contributed by atoms with Crippen molar-refractivity contribution in [3.8, 4) is 0 Å². The molecule has 0 fully saturated rings. The lowest BCUT2D eigenvalue weighted by molar-refractivity contribution is -0.130. The summed E-state index contributed by atoms with van der Waals surface area (Å²) in [5, 5.41) is 6.42. The molecule has 0 aromatic heterocycles. The van der Waals surface area contributed by atoms with Gasteiger partial charge in [0.25, 0.3) is 0 Å². The number of hydrazone groups is 1. The number of allylic oxidation sites excluding steroid dienone is 3. The number of aryl methyl sites for hydroxylation is 1. The van der Waals surface area contributed by atoms with Crippen molar-refractivity contribution in [2.45, 2.75) is 32.2 Å². The number of rotatable bonds is 1. The summed E-state index contributed by atoms with van der Waals surface area (Å²) in [6, 6.07) is 8.57. The Labute approximate surface area is 124 Å². The molecule has 0 spiro atoms. The second-order valence-corrected chi connectivity index (χ2v) is 5.97. The van der Waals surface area contributed by atoms with Crippen LogP contribution in [0.3, 0.4) is 0 Å². The summed E-state index contributed by atoms with van der Waals surface area (Å²) in [4.78, 5) is 12.0. The van der Waals surface area contributed by atoms with E-state index in [9.17, 15) is 4.79 Å². The van der Waals surface area contributed by atoms with Crippen molar-refractivity contribution in [2.24, 2.45) is 11.0 Å². The number of benzene rings is 1. The van der Waals surface area contributed by atoms with Crippen LogP contribution in [0.2, 0.25) is 0 Å². The molecule has 2 unspecified atom stereocenters. The average molecular weight is 278 g/mol. The maximum atomic E-state index is 12.0. The first-order chi connectivity index (χ1) is 10.3. The summed E-state index contributed by atoms with van der Waals surface area (Å²) < 4.78 is 0. The van der Waals surface area contributed by atoms with Gasteiger partial charge in [-0.2, -0.15) is 5.10 Å². The van der Waals surface area contributed by atoms with Gasteiger partial charge in [-0.15, -0.1) is 0 Å². The smallest absolute Gasteiger partial charge is 0.240 e. The van der Waals surface area contributed by atoms with Crippen molar-refractivity contribution in [1.29, 1.82) is 0 Å². The Morgan fingerprint density at radius 3 is 2.95 bits per heavy atom. The summed E-state index contributed by atoms with van der Waals surface area (Å²) in [5.74, 6) is 0.377. The maximum Gasteiger partial charge on any atom is 0.240 e. The van der Waals surface area contributed by atoms with E-state index in [1.807, 2.05) is 0 Å². The van der Waals surface area contributed by atoms with Crippen LogP contribution in [0.4, 0.5) is 0 Å². The Balaban J connectivity index is 1.79. The number of carbonyl (C=O) groups excluding carboxylic acids is 1. The van der Waals surface area contributed by atoms with Crippen molar-refractivity contribution in [3.05, 3.63) is 59.2 Å². The minimum absolute atomic E-state index is 0.0344. The third-order valence-electron chi connectivity index (χ3n) is 4.73. The topological polar surface area (TPSA) is 32.7 Å². The van der Waals surface area contributed by atoms with Crippen LogP contribution in [-0.4, -0.2) is 22.7 Å². The SMILES string of the molecule is CC(=O)N1N=C2c3ccccc3CCC2C1C1=CC=CC1. The van der Waals surface area contributed by atoms with Gasteiger partial charge in [0.15, 0.2) is 0 Å². The van der Waals surface area contributed by atoms with E-state index < -0.39 is 0 Å². The fourth-order valence-electron chi connectivity index (χ4n) is 3.78. The molecule has 21 heavy (non-hydrogen) atoms. The van der Waals surface area contributed by atoms with Crippen LogP contribution in [0.5, 0.6) is 0 Å². The van der Waals surface area contributed by atoms with Gasteiger partial charge in [-0.05, 0) is 30.4 Å². The molecule has 3 nitrogen and oxygen atoms in total. The standard InChI is InChI=1S/C18H18N2O/c1-12(21)20-18(14-7-2-3-8-14)16-11-10-13-6-4-5-9-15(13)17(16)19-20/h2-7,9,16,18H,8,10-11H2,1H3. The number of nitrogens with zero attached hydrogens (tertiary/aromatic N) is 2. The lowest BCUT2D eigenvalue weighted by Gasteiger charge is -2.29. The molecule has 2 atom stereocenters. The fourth-order valence-corrected chi connectivity index (χ4v) is 3.78. The van der Waals surface area contributed by atoms with Crippen LogP contribution >= 0.6 is 0 Å². The molecule has 0 radical (unpaired) electrons. The Morgan fingerprint density at radius 2 is 2.19 bits per heavy atom. The van der Waals surface area contributed by atoms with Gasteiger partial charge < -0.3 is 0 Å². The van der Waals surface area contributed by atoms with E-state index in [0.717, 1.165) is 25.0 Å². The zero-order valence-electron chi connectivity index (χ0n) is 12.1. The van der Waals surface area contributed by atoms with Crippen molar-refractivity contribution in [2.75, 3.05) is 0 Å². The van der Waals surface area contributed by atoms with Crippen LogP contribution in [-0.2, 0) is 11.2 Å². The number of carbonyl (C=O) groups is 1. The van der Waals surface area contributed by atoms with Gasteiger partial charge in [0.2, 0.25) is 5.91 Å². The minimum atomic E-state index is 0.0344. The molecule has 1 amide bonds. The summed E-state index contributed by atoms with van der Waals surface area (Å²) >= 11 is 0. The quantitative estimate of drug-likeness (QED) is 0.777. The Bertz CT molecular complexity index is 699. The van der Waals surface area contributed by atoms with E-state index in [1.165, 1.54) is 16.7 Å². The number of fused-ring (bicyclic) bond motifs is 3. The zero-order chi connectivity index (χ0) is 14.4. The highest BCUT2D eigenvalue weighted by Crippen LogP contribution is 2.39. The van der Waals surface area contributed by atoms with Gasteiger partial charge in [0.05, 0.1) is 11.8 Å². The summed E-state index contributed by atoms with van der Waals surface area (Å²) in [7, 11) is 0. The Kier molecular flexibility index (Phi) is 2.81. The number of hydrogen-bond donors (Lipinski definition) is 0. The first-order valence-electron chi connectivity index (χ1n) is 7.58. The first-order valence-corrected chi connectivity index (χ1v) is 7.58. The maximum absolute atomic E-state index is 12.0. The number of amides is 1. The highest BCUT2D eigenvalue weighted by Gasteiger charge is 2.43. The van der Waals surface area contributed by atoms with E-state index in [2.05, 4.69) is 42.5 Å². The van der Waals surface area contributed by atoms with Gasteiger partial charge >= 0.3 is 0 Å². The molecule has 4 rings (SSSR count). The normalized spacial score (nSPS) is 26.2. The third kappa shape index (κ3) is 1.88. The van der Waals surface area contributed by atoms with Gasteiger partial charge in [0, 0.05) is 18.4 Å². The summed E-state index contributed by atoms with van der Waals surface area (Å²) in [6.45, 7) is 1.61. The highest BCUT2D eigenvalue weighted by atomic mass is 16.2. The Morgan fingerprint density at radius 1 is 1.33 bits per heavy atom. The largest absolute Gasteiger partial charge is 0.273 e. The van der Waals surface area contributed by atoms with Crippen molar-refractivity contribution < 1.29 is 4.79 Å². The molecular formula is C18H18N2O. The lowest BCUT2D eigenvalue weighted by atomic mass is 9.77. The summed E-state index contributed by atoms with van der Waals surface area (Å²) in [6.07, 6.45) is 9.48. The van der Waals surface area contributed by atoms with Crippen LogP contribution in [0.25, 0.3) is 0 Å². The van der Waals surface area contributed by atoms with E-state index in [-0.39, 0.29) is 11.9 Å². The van der Waals surface area contributed by atoms with Crippen molar-refractivity contribution in [3.63, 3.8) is 0 Å². The predicted octanol–water partition coefficient (Wildman–Crippen LogP) is 3.07. The van der Waals surface area contributed by atoms with E-state index in [1.54, 1.807) is 11.9 Å². The van der Waals surface area contributed by atoms with Crippen LogP contribution in [0.15, 0.2) is 53.2 Å². The van der Waals surface area contributed by atoms with Crippen molar-refractivity contribution >= 4 is 11.6 Å². The molecule has 106 valence electrons. The zero-order valence-corrected chi connectivity index (χ0v) is 12.1. The molecule has 0 bridgehead atoms. The first kappa shape index (κ1) is 12.6.